The first-order valence-corrected chi connectivity index (χ1v) is 6.67. The molecule has 0 aliphatic carbocycles. The van der Waals surface area contributed by atoms with Gasteiger partial charge >= 0.3 is 5.97 Å². The van der Waals surface area contributed by atoms with Gasteiger partial charge in [0.05, 0.1) is 12.2 Å². The third-order valence-corrected chi connectivity index (χ3v) is 2.93. The second-order valence-electron chi connectivity index (χ2n) is 5.23. The van der Waals surface area contributed by atoms with Crippen LogP contribution in [-0.4, -0.2) is 42.8 Å². The number of rotatable bonds is 8. The molecule has 1 N–H and O–H groups in total. The highest BCUT2D eigenvalue weighted by Crippen LogP contribution is 2.15. The van der Waals surface area contributed by atoms with Crippen molar-refractivity contribution in [3.05, 3.63) is 35.1 Å². The Bertz CT molecular complexity index is 449. The van der Waals surface area contributed by atoms with Crippen LogP contribution in [0.25, 0.3) is 0 Å². The van der Waals surface area contributed by atoms with E-state index >= 15 is 0 Å². The maximum Gasteiger partial charge on any atom is 0.336 e. The Morgan fingerprint density at radius 1 is 1.45 bits per heavy atom. The molecule has 0 saturated heterocycles. The van der Waals surface area contributed by atoms with Crippen molar-refractivity contribution in [2.75, 3.05) is 26.8 Å². The molecule has 20 heavy (non-hydrogen) atoms. The summed E-state index contributed by atoms with van der Waals surface area (Å²) in [5, 5.41) is 9.15. The van der Waals surface area contributed by atoms with Crippen LogP contribution < -0.4 is 0 Å². The van der Waals surface area contributed by atoms with Crippen molar-refractivity contribution < 1.29 is 19.0 Å². The summed E-state index contributed by atoms with van der Waals surface area (Å²) in [5.41, 5.74) is 0.645. The monoisotopic (exact) mass is 283 g/mol. The van der Waals surface area contributed by atoms with Crippen molar-refractivity contribution in [3.63, 3.8) is 0 Å². The Morgan fingerprint density at radius 2 is 2.15 bits per heavy atom. The van der Waals surface area contributed by atoms with E-state index in [1.54, 1.807) is 13.2 Å². The van der Waals surface area contributed by atoms with E-state index in [1.165, 1.54) is 6.07 Å². The molecule has 0 spiro atoms. The Balaban J connectivity index is 2.88. The summed E-state index contributed by atoms with van der Waals surface area (Å²) < 4.78 is 18.2. The average Bonchev–Trinajstić information content (AvgIpc) is 2.37. The number of hydrogen-bond acceptors (Lipinski definition) is 3. The van der Waals surface area contributed by atoms with E-state index in [2.05, 4.69) is 18.7 Å². The predicted molar refractivity (Wildman–Crippen MR) is 75.4 cm³/mol. The third-order valence-electron chi connectivity index (χ3n) is 2.93. The largest absolute Gasteiger partial charge is 0.478 e. The van der Waals surface area contributed by atoms with Crippen LogP contribution in [0.15, 0.2) is 18.2 Å². The van der Waals surface area contributed by atoms with Crippen LogP contribution >= 0.6 is 0 Å². The van der Waals surface area contributed by atoms with Crippen molar-refractivity contribution in [2.45, 2.75) is 20.4 Å². The molecule has 1 rings (SSSR count). The summed E-state index contributed by atoms with van der Waals surface area (Å²) >= 11 is 0. The Kier molecular flexibility index (Phi) is 6.61. The minimum Gasteiger partial charge on any atom is -0.478 e. The van der Waals surface area contributed by atoms with Gasteiger partial charge in [-0.05, 0) is 23.6 Å². The summed E-state index contributed by atoms with van der Waals surface area (Å²) in [7, 11) is 1.63. The highest BCUT2D eigenvalue weighted by atomic mass is 19.1. The zero-order chi connectivity index (χ0) is 15.1. The normalized spacial score (nSPS) is 11.3. The fourth-order valence-electron chi connectivity index (χ4n) is 2.10. The summed E-state index contributed by atoms with van der Waals surface area (Å²) in [6.45, 7) is 6.80. The van der Waals surface area contributed by atoms with Crippen LogP contribution in [0.5, 0.6) is 0 Å². The molecule has 0 atom stereocenters. The van der Waals surface area contributed by atoms with Gasteiger partial charge in [-0.1, -0.05) is 19.9 Å². The molecule has 1 aromatic rings. The lowest BCUT2D eigenvalue weighted by molar-refractivity contribution is 0.0693. The summed E-state index contributed by atoms with van der Waals surface area (Å²) in [4.78, 5) is 13.3. The fourth-order valence-corrected chi connectivity index (χ4v) is 2.10. The molecule has 0 fully saturated rings. The van der Waals surface area contributed by atoms with Gasteiger partial charge in [-0.15, -0.1) is 0 Å². The van der Waals surface area contributed by atoms with Crippen LogP contribution in [0, 0.1) is 11.7 Å². The number of carboxylic acid groups (broad SMARTS) is 1. The van der Waals surface area contributed by atoms with Gasteiger partial charge in [0.25, 0.3) is 0 Å². The van der Waals surface area contributed by atoms with Gasteiger partial charge in [-0.3, -0.25) is 4.90 Å². The van der Waals surface area contributed by atoms with Gasteiger partial charge in [0.15, 0.2) is 0 Å². The molecule has 0 radical (unpaired) electrons. The topological polar surface area (TPSA) is 49.8 Å². The predicted octanol–water partition coefficient (Wildman–Crippen LogP) is 2.63. The number of carboxylic acids is 1. The molecule has 0 amide bonds. The van der Waals surface area contributed by atoms with Crippen LogP contribution in [0.3, 0.4) is 0 Å². The number of nitrogens with zero attached hydrogens (tertiary/aromatic N) is 1. The summed E-state index contributed by atoms with van der Waals surface area (Å²) in [6, 6.07) is 3.91. The van der Waals surface area contributed by atoms with Crippen molar-refractivity contribution in [1.82, 2.24) is 4.90 Å². The van der Waals surface area contributed by atoms with E-state index in [0.29, 0.717) is 31.2 Å². The van der Waals surface area contributed by atoms with Crippen molar-refractivity contribution in [2.24, 2.45) is 5.92 Å². The molecule has 0 bridgehead atoms. The zero-order valence-electron chi connectivity index (χ0n) is 12.2. The van der Waals surface area contributed by atoms with Gasteiger partial charge in [-0.2, -0.15) is 0 Å². The number of carbonyl (C=O) groups is 1. The minimum atomic E-state index is -1.10. The molecule has 5 heteroatoms. The molecule has 0 aromatic heterocycles. The van der Waals surface area contributed by atoms with E-state index in [1.807, 2.05) is 0 Å². The molecular formula is C15H22FNO3. The smallest absolute Gasteiger partial charge is 0.336 e. The van der Waals surface area contributed by atoms with Gasteiger partial charge in [0.2, 0.25) is 0 Å². The molecular weight excluding hydrogens is 261 g/mol. The molecule has 1 aromatic carbocycles. The van der Waals surface area contributed by atoms with Crippen molar-refractivity contribution in [3.8, 4) is 0 Å². The SMILES string of the molecule is COCCN(Cc1ccc(F)cc1C(=O)O)CC(C)C. The van der Waals surface area contributed by atoms with Crippen molar-refractivity contribution in [1.29, 1.82) is 0 Å². The fraction of sp³-hybridized carbons (Fsp3) is 0.533. The van der Waals surface area contributed by atoms with Crippen LogP contribution in [0.1, 0.15) is 29.8 Å². The van der Waals surface area contributed by atoms with Crippen molar-refractivity contribution >= 4 is 5.97 Å². The number of ether oxygens (including phenoxy) is 1. The van der Waals surface area contributed by atoms with E-state index < -0.39 is 11.8 Å². The quantitative estimate of drug-likeness (QED) is 0.797. The van der Waals surface area contributed by atoms with E-state index in [-0.39, 0.29) is 5.56 Å². The van der Waals surface area contributed by atoms with E-state index in [0.717, 1.165) is 12.6 Å². The van der Waals surface area contributed by atoms with Gasteiger partial charge in [0, 0.05) is 26.7 Å². The summed E-state index contributed by atoms with van der Waals surface area (Å²) in [5.74, 6) is -1.17. The third kappa shape index (κ3) is 5.27. The second-order valence-corrected chi connectivity index (χ2v) is 5.23. The molecule has 0 saturated carbocycles. The summed E-state index contributed by atoms with van der Waals surface area (Å²) in [6.07, 6.45) is 0. The maximum atomic E-state index is 13.2. The lowest BCUT2D eigenvalue weighted by Crippen LogP contribution is -2.31. The second kappa shape index (κ2) is 7.97. The van der Waals surface area contributed by atoms with Gasteiger partial charge < -0.3 is 9.84 Å². The molecule has 0 heterocycles. The van der Waals surface area contributed by atoms with Crippen LogP contribution in [-0.2, 0) is 11.3 Å². The standard InChI is InChI=1S/C15H22FNO3/c1-11(2)9-17(6-7-20-3)10-12-4-5-13(16)8-14(12)15(18)19/h4-5,8,11H,6-7,9-10H2,1-3H3,(H,18,19). The van der Waals surface area contributed by atoms with E-state index in [9.17, 15) is 9.18 Å². The molecule has 0 aliphatic heterocycles. The Hall–Kier alpha value is -1.46. The van der Waals surface area contributed by atoms with Gasteiger partial charge in [-0.25, -0.2) is 9.18 Å². The average molecular weight is 283 g/mol. The molecule has 0 unspecified atom stereocenters. The van der Waals surface area contributed by atoms with Crippen LogP contribution in [0.2, 0.25) is 0 Å². The highest BCUT2D eigenvalue weighted by Gasteiger charge is 2.15. The molecule has 0 aliphatic rings. The number of halogens is 1. The Morgan fingerprint density at radius 3 is 2.70 bits per heavy atom. The Labute approximate surface area is 119 Å². The zero-order valence-corrected chi connectivity index (χ0v) is 12.2. The number of methoxy groups -OCH3 is 1. The lowest BCUT2D eigenvalue weighted by Gasteiger charge is -2.24. The number of aromatic carboxylic acids is 1. The molecule has 112 valence electrons. The lowest BCUT2D eigenvalue weighted by atomic mass is 10.1. The minimum absolute atomic E-state index is 0.0242. The maximum absolute atomic E-state index is 13.2. The number of hydrogen-bond donors (Lipinski definition) is 1. The highest BCUT2D eigenvalue weighted by molar-refractivity contribution is 5.89. The van der Waals surface area contributed by atoms with E-state index in [4.69, 9.17) is 9.84 Å². The van der Waals surface area contributed by atoms with Gasteiger partial charge in [0.1, 0.15) is 5.82 Å². The molecule has 4 nitrogen and oxygen atoms in total. The first kappa shape index (κ1) is 16.6. The van der Waals surface area contributed by atoms with Crippen LogP contribution in [0.4, 0.5) is 4.39 Å². The first-order valence-electron chi connectivity index (χ1n) is 6.67. The first-order chi connectivity index (χ1) is 9.43. The number of benzene rings is 1.